The van der Waals surface area contributed by atoms with Crippen LogP contribution in [0.3, 0.4) is 0 Å². The molecular formula is C17H17Br2NO. The Balaban J connectivity index is 1.85. The summed E-state index contributed by atoms with van der Waals surface area (Å²) in [4.78, 5) is 0. The Morgan fingerprint density at radius 2 is 1.71 bits per heavy atom. The number of fused-ring (bicyclic) bond motifs is 1. The predicted octanol–water partition coefficient (Wildman–Crippen LogP) is 4.54. The number of benzene rings is 2. The van der Waals surface area contributed by atoms with Gasteiger partial charge in [0.05, 0.1) is 12.1 Å². The van der Waals surface area contributed by atoms with Crippen molar-refractivity contribution >= 4 is 37.5 Å². The van der Waals surface area contributed by atoms with E-state index in [9.17, 15) is 5.11 Å². The maximum absolute atomic E-state index is 9.96. The fraction of sp³-hybridized carbons (Fsp3) is 0.294. The highest BCUT2D eigenvalue weighted by atomic mass is 79.9. The van der Waals surface area contributed by atoms with E-state index >= 15 is 0 Å². The molecule has 110 valence electrons. The van der Waals surface area contributed by atoms with E-state index in [4.69, 9.17) is 0 Å². The van der Waals surface area contributed by atoms with Gasteiger partial charge in [0, 0.05) is 14.6 Å². The molecule has 0 heterocycles. The lowest BCUT2D eigenvalue weighted by Gasteiger charge is -2.38. The Morgan fingerprint density at radius 3 is 2.43 bits per heavy atom. The molecule has 21 heavy (non-hydrogen) atoms. The number of aliphatic hydroxyl groups is 1. The highest BCUT2D eigenvalue weighted by Gasteiger charge is 2.33. The topological polar surface area (TPSA) is 32.3 Å². The van der Waals surface area contributed by atoms with Crippen molar-refractivity contribution < 1.29 is 5.11 Å². The van der Waals surface area contributed by atoms with Crippen LogP contribution in [-0.4, -0.2) is 17.3 Å². The van der Waals surface area contributed by atoms with Crippen LogP contribution >= 0.6 is 31.9 Å². The molecule has 1 atom stereocenters. The van der Waals surface area contributed by atoms with Crippen molar-refractivity contribution in [2.45, 2.75) is 24.8 Å². The number of rotatable bonds is 3. The summed E-state index contributed by atoms with van der Waals surface area (Å²) in [7, 11) is 0. The van der Waals surface area contributed by atoms with E-state index < -0.39 is 0 Å². The summed E-state index contributed by atoms with van der Waals surface area (Å²) in [6.07, 6.45) is 2.77. The summed E-state index contributed by atoms with van der Waals surface area (Å²) in [5, 5.41) is 13.5. The molecule has 4 heteroatoms. The van der Waals surface area contributed by atoms with E-state index in [-0.39, 0.29) is 12.1 Å². The Bertz CT molecular complexity index is 642. The highest BCUT2D eigenvalue weighted by Crippen LogP contribution is 2.33. The van der Waals surface area contributed by atoms with Crippen molar-refractivity contribution in [2.75, 3.05) is 11.9 Å². The van der Waals surface area contributed by atoms with E-state index in [2.05, 4.69) is 55.4 Å². The lowest BCUT2D eigenvalue weighted by Crippen LogP contribution is -2.47. The molecule has 0 aromatic heterocycles. The average Bonchev–Trinajstić information content (AvgIpc) is 2.50. The lowest BCUT2D eigenvalue weighted by atomic mass is 9.78. The number of halogens is 2. The van der Waals surface area contributed by atoms with Gasteiger partial charge in [-0.1, -0.05) is 37.9 Å². The first kappa shape index (κ1) is 15.1. The van der Waals surface area contributed by atoms with Gasteiger partial charge in [-0.3, -0.25) is 0 Å². The van der Waals surface area contributed by atoms with Gasteiger partial charge in [-0.15, -0.1) is 0 Å². The van der Waals surface area contributed by atoms with E-state index in [0.717, 1.165) is 33.9 Å². The molecule has 3 rings (SSSR count). The largest absolute Gasteiger partial charge is 0.394 e. The molecule has 0 aliphatic heterocycles. The standard InChI is InChI=1S/C17H17Br2NO/c18-14-3-5-16(6-4-14)20-17(11-21)8-7-12-9-15(19)2-1-13(12)10-17/h1-6,9,20-21H,7-8,10-11H2. The summed E-state index contributed by atoms with van der Waals surface area (Å²) in [6, 6.07) is 14.5. The summed E-state index contributed by atoms with van der Waals surface area (Å²) < 4.78 is 2.18. The number of hydrogen-bond donors (Lipinski definition) is 2. The molecule has 0 bridgehead atoms. The van der Waals surface area contributed by atoms with Crippen molar-refractivity contribution in [1.29, 1.82) is 0 Å². The first-order chi connectivity index (χ1) is 10.1. The van der Waals surface area contributed by atoms with Gasteiger partial charge >= 0.3 is 0 Å². The van der Waals surface area contributed by atoms with Crippen molar-refractivity contribution in [2.24, 2.45) is 0 Å². The van der Waals surface area contributed by atoms with Crippen LogP contribution in [0.2, 0.25) is 0 Å². The number of hydrogen-bond acceptors (Lipinski definition) is 2. The first-order valence-corrected chi connectivity index (χ1v) is 8.61. The van der Waals surface area contributed by atoms with Crippen LogP contribution in [0.25, 0.3) is 0 Å². The zero-order valence-corrected chi connectivity index (χ0v) is 14.7. The van der Waals surface area contributed by atoms with Gasteiger partial charge in [0.1, 0.15) is 0 Å². The van der Waals surface area contributed by atoms with E-state index in [0.29, 0.717) is 0 Å². The minimum absolute atomic E-state index is 0.137. The van der Waals surface area contributed by atoms with E-state index in [1.54, 1.807) is 0 Å². The summed E-state index contributed by atoms with van der Waals surface area (Å²) in [5.41, 5.74) is 3.48. The van der Waals surface area contributed by atoms with Gasteiger partial charge < -0.3 is 10.4 Å². The van der Waals surface area contributed by atoms with Crippen LogP contribution in [-0.2, 0) is 12.8 Å². The Kier molecular flexibility index (Phi) is 4.38. The molecule has 0 saturated carbocycles. The van der Waals surface area contributed by atoms with Gasteiger partial charge in [0.2, 0.25) is 0 Å². The van der Waals surface area contributed by atoms with Crippen LogP contribution in [0.15, 0.2) is 51.4 Å². The second-order valence-electron chi connectivity index (χ2n) is 5.66. The van der Waals surface area contributed by atoms with Crippen LogP contribution in [0.5, 0.6) is 0 Å². The molecule has 2 nitrogen and oxygen atoms in total. The molecule has 2 N–H and O–H groups in total. The Hall–Kier alpha value is -0.840. The summed E-state index contributed by atoms with van der Waals surface area (Å²) >= 11 is 6.97. The number of nitrogens with one attached hydrogen (secondary N) is 1. The molecule has 0 spiro atoms. The highest BCUT2D eigenvalue weighted by molar-refractivity contribution is 9.10. The number of aryl methyl sites for hydroxylation is 1. The van der Waals surface area contributed by atoms with Crippen molar-refractivity contribution in [3.05, 3.63) is 62.5 Å². The second-order valence-corrected chi connectivity index (χ2v) is 7.49. The average molecular weight is 411 g/mol. The van der Waals surface area contributed by atoms with E-state index in [1.165, 1.54) is 11.1 Å². The van der Waals surface area contributed by atoms with E-state index in [1.807, 2.05) is 24.3 Å². The van der Waals surface area contributed by atoms with Crippen molar-refractivity contribution in [3.8, 4) is 0 Å². The number of aliphatic hydroxyl groups excluding tert-OH is 1. The van der Waals surface area contributed by atoms with Crippen molar-refractivity contribution in [3.63, 3.8) is 0 Å². The normalized spacial score (nSPS) is 20.9. The van der Waals surface area contributed by atoms with Crippen LogP contribution < -0.4 is 5.32 Å². The molecule has 1 unspecified atom stereocenters. The molecule has 2 aromatic rings. The summed E-state index contributed by atoms with van der Waals surface area (Å²) in [6.45, 7) is 0.137. The third kappa shape index (κ3) is 3.33. The second kappa shape index (κ2) is 6.11. The number of anilines is 1. The van der Waals surface area contributed by atoms with Crippen LogP contribution in [0, 0.1) is 0 Å². The van der Waals surface area contributed by atoms with Gasteiger partial charge in [0.25, 0.3) is 0 Å². The molecule has 0 amide bonds. The van der Waals surface area contributed by atoms with Gasteiger partial charge in [-0.2, -0.15) is 0 Å². The quantitative estimate of drug-likeness (QED) is 0.778. The zero-order chi connectivity index (χ0) is 14.9. The molecule has 0 fully saturated rings. The fourth-order valence-corrected chi connectivity index (χ4v) is 3.62. The molecule has 2 aromatic carbocycles. The van der Waals surface area contributed by atoms with Crippen LogP contribution in [0.1, 0.15) is 17.5 Å². The minimum Gasteiger partial charge on any atom is -0.394 e. The fourth-order valence-electron chi connectivity index (χ4n) is 2.95. The van der Waals surface area contributed by atoms with Crippen LogP contribution in [0.4, 0.5) is 5.69 Å². The Morgan fingerprint density at radius 1 is 1.00 bits per heavy atom. The lowest BCUT2D eigenvalue weighted by molar-refractivity contribution is 0.196. The van der Waals surface area contributed by atoms with Gasteiger partial charge in [-0.05, 0) is 66.8 Å². The molecule has 0 radical (unpaired) electrons. The third-order valence-corrected chi connectivity index (χ3v) is 5.15. The monoisotopic (exact) mass is 409 g/mol. The molecule has 0 saturated heterocycles. The predicted molar refractivity (Wildman–Crippen MR) is 93.7 cm³/mol. The van der Waals surface area contributed by atoms with Gasteiger partial charge in [0.15, 0.2) is 0 Å². The zero-order valence-electron chi connectivity index (χ0n) is 11.6. The Labute approximate surface area is 141 Å². The van der Waals surface area contributed by atoms with Gasteiger partial charge in [-0.25, -0.2) is 0 Å². The third-order valence-electron chi connectivity index (χ3n) is 4.13. The minimum atomic E-state index is -0.269. The SMILES string of the molecule is OCC1(Nc2ccc(Br)cc2)CCc2cc(Br)ccc2C1. The first-order valence-electron chi connectivity index (χ1n) is 7.02. The smallest absolute Gasteiger partial charge is 0.0664 e. The molecule has 1 aliphatic carbocycles. The molecule has 1 aliphatic rings. The summed E-state index contributed by atoms with van der Waals surface area (Å²) in [5.74, 6) is 0. The maximum atomic E-state index is 9.96. The van der Waals surface area contributed by atoms with Crippen molar-refractivity contribution in [1.82, 2.24) is 0 Å². The maximum Gasteiger partial charge on any atom is 0.0664 e. The molecular weight excluding hydrogens is 394 g/mol.